The lowest BCUT2D eigenvalue weighted by Crippen LogP contribution is -2.15. The average molecular weight is 450 g/mol. The van der Waals surface area contributed by atoms with Crippen LogP contribution in [0.25, 0.3) is 10.9 Å². The number of halogens is 1. The lowest BCUT2D eigenvalue weighted by molar-refractivity contribution is -0.115. The molecule has 0 saturated carbocycles. The number of carbonyl (C=O) groups excluding carboxylic acids is 1. The molecule has 0 aliphatic carbocycles. The number of aromatic nitrogens is 2. The van der Waals surface area contributed by atoms with Gasteiger partial charge in [-0.1, -0.05) is 29.8 Å². The number of hydrogen-bond donors (Lipinski definition) is 1. The van der Waals surface area contributed by atoms with Crippen LogP contribution in [0.3, 0.4) is 0 Å². The second kappa shape index (κ2) is 9.16. The fourth-order valence-corrected chi connectivity index (χ4v) is 4.08. The molecule has 0 aliphatic rings. The van der Waals surface area contributed by atoms with Gasteiger partial charge in [-0.25, -0.2) is 8.42 Å². The molecule has 0 radical (unpaired) electrons. The van der Waals surface area contributed by atoms with Crippen molar-refractivity contribution in [3.05, 3.63) is 53.2 Å². The summed E-state index contributed by atoms with van der Waals surface area (Å²) in [4.78, 5) is 12.6. The first-order valence-electron chi connectivity index (χ1n) is 9.49. The van der Waals surface area contributed by atoms with Crippen molar-refractivity contribution < 1.29 is 17.9 Å². The van der Waals surface area contributed by atoms with Gasteiger partial charge in [-0.2, -0.15) is 5.10 Å². The van der Waals surface area contributed by atoms with Crippen LogP contribution in [0.5, 0.6) is 0 Å². The van der Waals surface area contributed by atoms with E-state index < -0.39 is 9.84 Å². The van der Waals surface area contributed by atoms with Crippen molar-refractivity contribution in [2.45, 2.75) is 37.8 Å². The van der Waals surface area contributed by atoms with E-state index in [1.165, 1.54) is 6.07 Å². The van der Waals surface area contributed by atoms with E-state index in [2.05, 4.69) is 10.4 Å². The van der Waals surface area contributed by atoms with E-state index in [9.17, 15) is 13.2 Å². The lowest BCUT2D eigenvalue weighted by Gasteiger charge is -2.09. The number of anilines is 1. The van der Waals surface area contributed by atoms with E-state index in [1.54, 1.807) is 41.2 Å². The average Bonchev–Trinajstić information content (AvgIpc) is 3.04. The Morgan fingerprint density at radius 2 is 2.00 bits per heavy atom. The highest BCUT2D eigenvalue weighted by Gasteiger charge is 2.18. The number of benzene rings is 2. The number of fused-ring (bicyclic) bond motifs is 1. The third-order valence-electron chi connectivity index (χ3n) is 4.38. The number of rotatable bonds is 8. The largest absolute Gasteiger partial charge is 0.377 e. The summed E-state index contributed by atoms with van der Waals surface area (Å²) in [5, 5.41) is 8.29. The molecular formula is C21H24ClN3O4S. The van der Waals surface area contributed by atoms with E-state index in [-0.39, 0.29) is 23.3 Å². The number of hydrogen-bond acceptors (Lipinski definition) is 5. The van der Waals surface area contributed by atoms with Gasteiger partial charge in [0.05, 0.1) is 30.6 Å². The van der Waals surface area contributed by atoms with Gasteiger partial charge in [-0.3, -0.25) is 9.48 Å². The van der Waals surface area contributed by atoms with Crippen molar-refractivity contribution in [3.63, 3.8) is 0 Å². The Balaban J connectivity index is 1.87. The van der Waals surface area contributed by atoms with Crippen molar-refractivity contribution in [1.82, 2.24) is 9.78 Å². The predicted octanol–water partition coefficient (Wildman–Crippen LogP) is 3.70. The molecule has 7 nitrogen and oxygen atoms in total. The number of carbonyl (C=O) groups is 1. The number of nitrogens with zero attached hydrogens (tertiary/aromatic N) is 2. The molecule has 3 aromatic rings. The quantitative estimate of drug-likeness (QED) is 0.566. The number of nitrogens with one attached hydrogen (secondary N) is 1. The van der Waals surface area contributed by atoms with Crippen LogP contribution >= 0.6 is 11.6 Å². The van der Waals surface area contributed by atoms with Gasteiger partial charge < -0.3 is 10.1 Å². The van der Waals surface area contributed by atoms with E-state index >= 15 is 0 Å². The van der Waals surface area contributed by atoms with Crippen molar-refractivity contribution >= 4 is 43.9 Å². The summed E-state index contributed by atoms with van der Waals surface area (Å²) in [6.07, 6.45) is 3.05. The summed E-state index contributed by atoms with van der Waals surface area (Å²) in [6.45, 7) is 4.84. The zero-order valence-electron chi connectivity index (χ0n) is 17.1. The molecule has 30 heavy (non-hydrogen) atoms. The summed E-state index contributed by atoms with van der Waals surface area (Å²) in [7, 11) is -3.55. The monoisotopic (exact) mass is 449 g/mol. The Morgan fingerprint density at radius 3 is 2.67 bits per heavy atom. The van der Waals surface area contributed by atoms with Gasteiger partial charge >= 0.3 is 0 Å². The van der Waals surface area contributed by atoms with Crippen molar-refractivity contribution in [2.75, 3.05) is 18.2 Å². The Bertz CT molecular complexity index is 1170. The molecule has 1 heterocycles. The smallest absolute Gasteiger partial charge is 0.228 e. The van der Waals surface area contributed by atoms with Crippen molar-refractivity contribution in [1.29, 1.82) is 0 Å². The number of sulfone groups is 1. The van der Waals surface area contributed by atoms with Gasteiger partial charge in [0, 0.05) is 28.5 Å². The second-order valence-corrected chi connectivity index (χ2v) is 9.70. The van der Waals surface area contributed by atoms with Crippen LogP contribution in [-0.2, 0) is 32.3 Å². The van der Waals surface area contributed by atoms with Gasteiger partial charge in [-0.15, -0.1) is 0 Å². The van der Waals surface area contributed by atoms with E-state index in [0.717, 1.165) is 6.26 Å². The van der Waals surface area contributed by atoms with Crippen LogP contribution in [0, 0.1) is 0 Å². The first-order chi connectivity index (χ1) is 14.1. The maximum atomic E-state index is 12.5. The van der Waals surface area contributed by atoms with E-state index in [0.29, 0.717) is 40.3 Å². The van der Waals surface area contributed by atoms with Crippen LogP contribution in [0.4, 0.5) is 5.69 Å². The molecule has 2 aromatic carbocycles. The van der Waals surface area contributed by atoms with Gasteiger partial charge in [0.1, 0.15) is 5.52 Å². The maximum Gasteiger partial charge on any atom is 0.228 e. The van der Waals surface area contributed by atoms with Gasteiger partial charge in [0.15, 0.2) is 9.84 Å². The maximum absolute atomic E-state index is 12.5. The van der Waals surface area contributed by atoms with Crippen molar-refractivity contribution in [3.8, 4) is 0 Å². The summed E-state index contributed by atoms with van der Waals surface area (Å²) in [6, 6.07) is 10.2. The number of amides is 1. The van der Waals surface area contributed by atoms with Crippen LogP contribution in [0.1, 0.15) is 19.4 Å². The molecule has 0 bridgehead atoms. The van der Waals surface area contributed by atoms with Gasteiger partial charge in [0.2, 0.25) is 5.91 Å². The Kier molecular flexibility index (Phi) is 6.80. The van der Waals surface area contributed by atoms with Crippen molar-refractivity contribution in [2.24, 2.45) is 0 Å². The fourth-order valence-electron chi connectivity index (χ4n) is 3.02. The standard InChI is InChI=1S/C21H24ClN3O4S/c1-14(2)29-9-8-25-13-16-10-17(12-19(21(16)24-25)30(3,27)28)23-20(26)11-15-6-4-5-7-18(15)22/h4-7,10,12-14H,8-9,11H2,1-3H3,(H,23,26). The normalized spacial score (nSPS) is 11.9. The van der Waals surface area contributed by atoms with Crippen LogP contribution in [0.2, 0.25) is 5.02 Å². The van der Waals surface area contributed by atoms with E-state index in [4.69, 9.17) is 16.3 Å². The van der Waals surface area contributed by atoms with Gasteiger partial charge in [0.25, 0.3) is 0 Å². The molecule has 0 saturated heterocycles. The molecule has 0 unspecified atom stereocenters. The highest BCUT2D eigenvalue weighted by Crippen LogP contribution is 2.27. The van der Waals surface area contributed by atoms with E-state index in [1.807, 2.05) is 13.8 Å². The summed E-state index contributed by atoms with van der Waals surface area (Å²) >= 11 is 6.12. The Hall–Kier alpha value is -2.42. The van der Waals surface area contributed by atoms with Crippen LogP contribution in [0.15, 0.2) is 47.5 Å². The highest BCUT2D eigenvalue weighted by molar-refractivity contribution is 7.91. The lowest BCUT2D eigenvalue weighted by atomic mass is 10.1. The molecular weight excluding hydrogens is 426 g/mol. The van der Waals surface area contributed by atoms with Crippen LogP contribution in [-0.4, -0.2) is 43.1 Å². The SMILES string of the molecule is CC(C)OCCn1cc2cc(NC(=O)Cc3ccccc3Cl)cc(S(C)(=O)=O)c2n1. The summed E-state index contributed by atoms with van der Waals surface area (Å²) in [5.41, 5.74) is 1.45. The first kappa shape index (κ1) is 22.3. The molecule has 1 aromatic heterocycles. The molecule has 160 valence electrons. The zero-order chi connectivity index (χ0) is 21.9. The minimum atomic E-state index is -3.55. The minimum absolute atomic E-state index is 0.0663. The topological polar surface area (TPSA) is 90.3 Å². The first-order valence-corrected chi connectivity index (χ1v) is 11.8. The molecule has 1 N–H and O–H groups in total. The molecule has 0 atom stereocenters. The molecule has 0 spiro atoms. The summed E-state index contributed by atoms with van der Waals surface area (Å²) < 4.78 is 31.8. The number of ether oxygens (including phenoxy) is 1. The fraction of sp³-hybridized carbons (Fsp3) is 0.333. The second-order valence-electron chi connectivity index (χ2n) is 7.31. The highest BCUT2D eigenvalue weighted by atomic mass is 35.5. The predicted molar refractivity (Wildman–Crippen MR) is 118 cm³/mol. The Morgan fingerprint density at radius 1 is 1.27 bits per heavy atom. The molecule has 1 amide bonds. The third-order valence-corrected chi connectivity index (χ3v) is 5.86. The molecule has 0 aliphatic heterocycles. The minimum Gasteiger partial charge on any atom is -0.377 e. The Labute approximate surface area is 180 Å². The zero-order valence-corrected chi connectivity index (χ0v) is 18.6. The molecule has 9 heteroatoms. The summed E-state index contributed by atoms with van der Waals surface area (Å²) in [5.74, 6) is -0.292. The molecule has 3 rings (SSSR count). The van der Waals surface area contributed by atoms with Gasteiger partial charge in [-0.05, 0) is 37.6 Å². The third kappa shape index (κ3) is 5.59. The van der Waals surface area contributed by atoms with Crippen LogP contribution < -0.4 is 5.32 Å². The molecule has 0 fully saturated rings.